The minimum absolute atomic E-state index is 0.0569. The lowest BCUT2D eigenvalue weighted by molar-refractivity contribution is 0.0950. The number of amides is 1. The first-order chi connectivity index (χ1) is 13.0. The Morgan fingerprint density at radius 3 is 2.52 bits per heavy atom. The van der Waals surface area contributed by atoms with Gasteiger partial charge in [0.1, 0.15) is 0 Å². The highest BCUT2D eigenvalue weighted by atomic mass is 32.2. The quantitative estimate of drug-likeness (QED) is 0.649. The van der Waals surface area contributed by atoms with Crippen molar-refractivity contribution in [2.75, 3.05) is 7.05 Å². The molecule has 3 aromatic rings. The first kappa shape index (κ1) is 18.8. The van der Waals surface area contributed by atoms with Crippen molar-refractivity contribution in [1.29, 1.82) is 0 Å². The molecule has 2 N–H and O–H groups in total. The number of nitrogens with zero attached hydrogens (tertiary/aromatic N) is 2. The van der Waals surface area contributed by atoms with Gasteiger partial charge in [0.05, 0.1) is 11.2 Å². The zero-order valence-corrected chi connectivity index (χ0v) is 15.6. The molecule has 1 amide bonds. The van der Waals surface area contributed by atoms with E-state index in [1.807, 2.05) is 35.0 Å². The van der Waals surface area contributed by atoms with E-state index in [0.29, 0.717) is 12.1 Å². The summed E-state index contributed by atoms with van der Waals surface area (Å²) < 4.78 is 27.9. The van der Waals surface area contributed by atoms with Crippen LogP contribution in [0.3, 0.4) is 0 Å². The van der Waals surface area contributed by atoms with Gasteiger partial charge in [0.25, 0.3) is 5.91 Å². The fourth-order valence-corrected chi connectivity index (χ4v) is 3.34. The Balaban J connectivity index is 1.61. The molecule has 7 nitrogen and oxygen atoms in total. The molecule has 8 heteroatoms. The third-order valence-corrected chi connectivity index (χ3v) is 5.49. The zero-order chi connectivity index (χ0) is 19.3. The van der Waals surface area contributed by atoms with Crippen molar-refractivity contribution >= 4 is 15.9 Å². The molecule has 140 valence electrons. The first-order valence-corrected chi connectivity index (χ1v) is 9.81. The first-order valence-electron chi connectivity index (χ1n) is 8.33. The lowest BCUT2D eigenvalue weighted by atomic mass is 10.1. The van der Waals surface area contributed by atoms with Gasteiger partial charge in [0, 0.05) is 31.0 Å². The van der Waals surface area contributed by atoms with E-state index in [0.717, 1.165) is 17.7 Å². The second-order valence-electron chi connectivity index (χ2n) is 5.97. The molecule has 0 radical (unpaired) electrons. The molecule has 1 aromatic heterocycles. The number of nitrogens with one attached hydrogen (secondary N) is 2. The second-order valence-corrected chi connectivity index (χ2v) is 7.86. The van der Waals surface area contributed by atoms with Gasteiger partial charge in [-0.3, -0.25) is 4.79 Å². The van der Waals surface area contributed by atoms with Crippen LogP contribution in [-0.2, 0) is 23.1 Å². The van der Waals surface area contributed by atoms with Gasteiger partial charge in [0.15, 0.2) is 0 Å². The van der Waals surface area contributed by atoms with Gasteiger partial charge < -0.3 is 9.88 Å². The van der Waals surface area contributed by atoms with Crippen molar-refractivity contribution in [3.8, 4) is 0 Å². The molecular formula is C19H20N4O3S. The SMILES string of the molecule is CNS(=O)(=O)c1cccc(C(=O)NCc2ccc(Cn3ccnc3)cc2)c1. The molecule has 0 fully saturated rings. The molecule has 0 saturated carbocycles. The summed E-state index contributed by atoms with van der Waals surface area (Å²) in [5.41, 5.74) is 2.38. The van der Waals surface area contributed by atoms with Crippen LogP contribution in [0.5, 0.6) is 0 Å². The number of hydrogen-bond donors (Lipinski definition) is 2. The molecule has 0 aliphatic heterocycles. The Labute approximate surface area is 158 Å². The number of carbonyl (C=O) groups is 1. The van der Waals surface area contributed by atoms with E-state index in [2.05, 4.69) is 15.0 Å². The number of aromatic nitrogens is 2. The Hall–Kier alpha value is -2.97. The third-order valence-electron chi connectivity index (χ3n) is 4.08. The Morgan fingerprint density at radius 1 is 1.11 bits per heavy atom. The summed E-state index contributed by atoms with van der Waals surface area (Å²) in [6, 6.07) is 13.8. The highest BCUT2D eigenvalue weighted by Gasteiger charge is 2.14. The fraction of sp³-hybridized carbons (Fsp3) is 0.158. The summed E-state index contributed by atoms with van der Waals surface area (Å²) >= 11 is 0. The van der Waals surface area contributed by atoms with Gasteiger partial charge in [0.2, 0.25) is 10.0 Å². The van der Waals surface area contributed by atoms with Crippen molar-refractivity contribution < 1.29 is 13.2 Å². The van der Waals surface area contributed by atoms with E-state index in [4.69, 9.17) is 0 Å². The molecule has 3 rings (SSSR count). The largest absolute Gasteiger partial charge is 0.348 e. The van der Waals surface area contributed by atoms with Crippen LogP contribution in [0.4, 0.5) is 0 Å². The van der Waals surface area contributed by atoms with Gasteiger partial charge in [-0.05, 0) is 36.4 Å². The predicted octanol–water partition coefficient (Wildman–Crippen LogP) is 1.77. The molecular weight excluding hydrogens is 364 g/mol. The fourth-order valence-electron chi connectivity index (χ4n) is 2.56. The van der Waals surface area contributed by atoms with Crippen LogP contribution in [0.2, 0.25) is 0 Å². The van der Waals surface area contributed by atoms with E-state index in [1.165, 1.54) is 19.2 Å². The predicted molar refractivity (Wildman–Crippen MR) is 102 cm³/mol. The average molecular weight is 384 g/mol. The summed E-state index contributed by atoms with van der Waals surface area (Å²) in [6.45, 7) is 1.09. The van der Waals surface area contributed by atoms with Crippen LogP contribution < -0.4 is 10.0 Å². The van der Waals surface area contributed by atoms with Gasteiger partial charge in [-0.1, -0.05) is 30.3 Å². The zero-order valence-electron chi connectivity index (χ0n) is 14.8. The monoisotopic (exact) mass is 384 g/mol. The van der Waals surface area contributed by atoms with Crippen molar-refractivity contribution in [2.24, 2.45) is 0 Å². The Bertz CT molecular complexity index is 1010. The highest BCUT2D eigenvalue weighted by Crippen LogP contribution is 2.12. The number of sulfonamides is 1. The second kappa shape index (κ2) is 8.15. The molecule has 27 heavy (non-hydrogen) atoms. The van der Waals surface area contributed by atoms with Crippen LogP contribution in [-0.4, -0.2) is 30.9 Å². The van der Waals surface area contributed by atoms with E-state index in [9.17, 15) is 13.2 Å². The number of rotatable bonds is 7. The number of hydrogen-bond acceptors (Lipinski definition) is 4. The Morgan fingerprint density at radius 2 is 1.85 bits per heavy atom. The Kier molecular flexibility index (Phi) is 5.68. The smallest absolute Gasteiger partial charge is 0.251 e. The number of imidazole rings is 1. The van der Waals surface area contributed by atoms with E-state index in [1.54, 1.807) is 24.7 Å². The molecule has 0 unspecified atom stereocenters. The van der Waals surface area contributed by atoms with E-state index in [-0.39, 0.29) is 10.8 Å². The molecule has 1 heterocycles. The van der Waals surface area contributed by atoms with Crippen molar-refractivity contribution in [2.45, 2.75) is 18.0 Å². The van der Waals surface area contributed by atoms with Crippen LogP contribution in [0.15, 0.2) is 72.1 Å². The lowest BCUT2D eigenvalue weighted by Crippen LogP contribution is -2.24. The van der Waals surface area contributed by atoms with E-state index >= 15 is 0 Å². The minimum atomic E-state index is -3.58. The van der Waals surface area contributed by atoms with Gasteiger partial charge in [-0.15, -0.1) is 0 Å². The highest BCUT2D eigenvalue weighted by molar-refractivity contribution is 7.89. The minimum Gasteiger partial charge on any atom is -0.348 e. The van der Waals surface area contributed by atoms with Gasteiger partial charge >= 0.3 is 0 Å². The van der Waals surface area contributed by atoms with Crippen LogP contribution in [0, 0.1) is 0 Å². The molecule has 0 aliphatic carbocycles. The van der Waals surface area contributed by atoms with Crippen molar-refractivity contribution in [3.05, 3.63) is 83.9 Å². The maximum Gasteiger partial charge on any atom is 0.251 e. The average Bonchev–Trinajstić information content (AvgIpc) is 3.20. The summed E-state index contributed by atoms with van der Waals surface area (Å²) in [7, 11) is -2.25. The normalized spacial score (nSPS) is 11.3. The number of carbonyl (C=O) groups excluding carboxylic acids is 1. The van der Waals surface area contributed by atoms with Crippen molar-refractivity contribution in [3.63, 3.8) is 0 Å². The van der Waals surface area contributed by atoms with Crippen molar-refractivity contribution in [1.82, 2.24) is 19.6 Å². The standard InChI is InChI=1S/C19H20N4O3S/c1-20-27(25,26)18-4-2-3-17(11-18)19(24)22-12-15-5-7-16(8-6-15)13-23-10-9-21-14-23/h2-11,14,20H,12-13H2,1H3,(H,22,24). The maximum absolute atomic E-state index is 12.3. The molecule has 0 atom stereocenters. The molecule has 0 spiro atoms. The third kappa shape index (κ3) is 4.81. The summed E-state index contributed by atoms with van der Waals surface area (Å²) in [5, 5.41) is 2.81. The van der Waals surface area contributed by atoms with Gasteiger partial charge in [-0.2, -0.15) is 0 Å². The lowest BCUT2D eigenvalue weighted by Gasteiger charge is -2.08. The molecule has 0 aliphatic rings. The maximum atomic E-state index is 12.3. The summed E-state index contributed by atoms with van der Waals surface area (Å²) in [4.78, 5) is 16.4. The van der Waals surface area contributed by atoms with Crippen LogP contribution in [0.1, 0.15) is 21.5 Å². The molecule has 2 aromatic carbocycles. The summed E-state index contributed by atoms with van der Waals surface area (Å²) in [5.74, 6) is -0.328. The molecule has 0 saturated heterocycles. The summed E-state index contributed by atoms with van der Waals surface area (Å²) in [6.07, 6.45) is 5.40. The topological polar surface area (TPSA) is 93.1 Å². The van der Waals surface area contributed by atoms with Gasteiger partial charge in [-0.25, -0.2) is 18.1 Å². The number of benzene rings is 2. The molecule has 0 bridgehead atoms. The van der Waals surface area contributed by atoms with E-state index < -0.39 is 10.0 Å². The van der Waals surface area contributed by atoms with Crippen LogP contribution in [0.25, 0.3) is 0 Å². The van der Waals surface area contributed by atoms with Crippen LogP contribution >= 0.6 is 0 Å².